The molecular formula is C23H30N4O2. The second kappa shape index (κ2) is 7.15. The van der Waals surface area contributed by atoms with Crippen molar-refractivity contribution >= 4 is 5.91 Å². The number of amides is 1. The van der Waals surface area contributed by atoms with Gasteiger partial charge in [0.2, 0.25) is 0 Å². The second-order valence-corrected chi connectivity index (χ2v) is 9.36. The number of ether oxygens (including phenoxy) is 1. The highest BCUT2D eigenvalue weighted by Gasteiger charge is 2.53. The molecule has 1 saturated heterocycles. The van der Waals surface area contributed by atoms with Crippen LogP contribution in [0.15, 0.2) is 24.5 Å². The minimum Gasteiger partial charge on any atom is -0.484 e. The summed E-state index contributed by atoms with van der Waals surface area (Å²) in [5.74, 6) is 3.00. The zero-order valence-corrected chi connectivity index (χ0v) is 17.4. The topological polar surface area (TPSA) is 60.2 Å². The number of likely N-dealkylation sites (tertiary alicyclic amines) is 1. The van der Waals surface area contributed by atoms with Crippen molar-refractivity contribution in [3.63, 3.8) is 0 Å². The maximum absolute atomic E-state index is 12.9. The molecule has 1 spiro atoms. The maximum Gasteiger partial charge on any atom is 0.260 e. The zero-order valence-electron chi connectivity index (χ0n) is 17.4. The highest BCUT2D eigenvalue weighted by molar-refractivity contribution is 5.78. The number of benzene rings is 1. The summed E-state index contributed by atoms with van der Waals surface area (Å²) in [4.78, 5) is 14.9. The van der Waals surface area contributed by atoms with Crippen LogP contribution in [0.3, 0.4) is 0 Å². The third-order valence-corrected chi connectivity index (χ3v) is 7.30. The minimum atomic E-state index is 0.0743. The molecule has 1 atom stereocenters. The van der Waals surface area contributed by atoms with Crippen molar-refractivity contribution in [2.45, 2.75) is 58.4 Å². The fourth-order valence-electron chi connectivity index (χ4n) is 4.94. The Bertz CT molecular complexity index is 913. The van der Waals surface area contributed by atoms with E-state index in [0.29, 0.717) is 5.92 Å². The molecule has 1 amide bonds. The van der Waals surface area contributed by atoms with Crippen molar-refractivity contribution < 1.29 is 9.53 Å². The van der Waals surface area contributed by atoms with E-state index >= 15 is 0 Å². The van der Waals surface area contributed by atoms with E-state index in [9.17, 15) is 4.79 Å². The average Bonchev–Trinajstić information content (AvgIpc) is 3.22. The predicted octanol–water partition coefficient (Wildman–Crippen LogP) is 3.48. The molecule has 6 nitrogen and oxygen atoms in total. The first kappa shape index (κ1) is 18.6. The fraction of sp³-hybridized carbons (Fsp3) is 0.609. The molecule has 0 N–H and O–H groups in total. The van der Waals surface area contributed by atoms with E-state index in [1.165, 1.54) is 43.2 Å². The van der Waals surface area contributed by atoms with Gasteiger partial charge in [0.25, 0.3) is 5.91 Å². The largest absolute Gasteiger partial charge is 0.484 e. The second-order valence-electron chi connectivity index (χ2n) is 9.36. The predicted molar refractivity (Wildman–Crippen MR) is 110 cm³/mol. The molecule has 0 radical (unpaired) electrons. The standard InChI is InChI=1S/C23H30N4O2/c1-16-4-7-19(10-17(16)2)29-13-21(28)26-12-20(23(14-26)8-3-9-23)22-25-24-15-27(22)11-18-5-6-18/h4,7,10,15,18,20H,3,5-6,8-9,11-14H2,1-2H3. The number of carbonyl (C=O) groups is 1. The Kier molecular flexibility index (Phi) is 4.60. The van der Waals surface area contributed by atoms with Crippen LogP contribution in [0, 0.1) is 25.2 Å². The summed E-state index contributed by atoms with van der Waals surface area (Å²) in [6.07, 6.45) is 8.11. The lowest BCUT2D eigenvalue weighted by Gasteiger charge is -2.42. The Morgan fingerprint density at radius 2 is 2.07 bits per heavy atom. The van der Waals surface area contributed by atoms with Gasteiger partial charge >= 0.3 is 0 Å². The van der Waals surface area contributed by atoms with E-state index in [0.717, 1.165) is 37.1 Å². The average molecular weight is 395 g/mol. The number of nitrogens with zero attached hydrogens (tertiary/aromatic N) is 4. The number of carbonyl (C=O) groups excluding carboxylic acids is 1. The summed E-state index contributed by atoms with van der Waals surface area (Å²) in [6, 6.07) is 5.98. The lowest BCUT2D eigenvalue weighted by Crippen LogP contribution is -2.39. The van der Waals surface area contributed by atoms with E-state index in [1.54, 1.807) is 0 Å². The molecule has 2 aromatic rings. The van der Waals surface area contributed by atoms with Crippen LogP contribution in [0.25, 0.3) is 0 Å². The Balaban J connectivity index is 1.27. The van der Waals surface area contributed by atoms with E-state index in [4.69, 9.17) is 4.74 Å². The van der Waals surface area contributed by atoms with Crippen molar-refractivity contribution in [2.24, 2.45) is 11.3 Å². The van der Waals surface area contributed by atoms with Gasteiger partial charge in [0.1, 0.15) is 17.9 Å². The molecule has 1 unspecified atom stereocenters. The van der Waals surface area contributed by atoms with E-state index in [-0.39, 0.29) is 17.9 Å². The first-order valence-electron chi connectivity index (χ1n) is 10.9. The number of rotatable bonds is 6. The smallest absolute Gasteiger partial charge is 0.260 e. The number of aromatic nitrogens is 3. The van der Waals surface area contributed by atoms with Gasteiger partial charge in [0, 0.05) is 25.6 Å². The van der Waals surface area contributed by atoms with Gasteiger partial charge in [-0.15, -0.1) is 10.2 Å². The molecule has 2 saturated carbocycles. The lowest BCUT2D eigenvalue weighted by molar-refractivity contribution is -0.133. The van der Waals surface area contributed by atoms with E-state index in [1.807, 2.05) is 29.4 Å². The van der Waals surface area contributed by atoms with Crippen LogP contribution in [-0.2, 0) is 11.3 Å². The van der Waals surface area contributed by atoms with Gasteiger partial charge in [-0.3, -0.25) is 4.79 Å². The van der Waals surface area contributed by atoms with Gasteiger partial charge in [0.05, 0.1) is 0 Å². The zero-order chi connectivity index (χ0) is 20.0. The maximum atomic E-state index is 12.9. The first-order chi connectivity index (χ1) is 14.0. The highest BCUT2D eigenvalue weighted by Crippen LogP contribution is 2.55. The molecule has 5 rings (SSSR count). The molecule has 1 aromatic heterocycles. The summed E-state index contributed by atoms with van der Waals surface area (Å²) >= 11 is 0. The number of hydrogen-bond acceptors (Lipinski definition) is 4. The van der Waals surface area contributed by atoms with Gasteiger partial charge in [0.15, 0.2) is 6.61 Å². The van der Waals surface area contributed by atoms with Crippen LogP contribution in [0.2, 0.25) is 0 Å². The summed E-state index contributed by atoms with van der Waals surface area (Å²) in [7, 11) is 0. The molecule has 2 heterocycles. The lowest BCUT2D eigenvalue weighted by atomic mass is 9.62. The quantitative estimate of drug-likeness (QED) is 0.753. The van der Waals surface area contributed by atoms with Crippen LogP contribution < -0.4 is 4.74 Å². The number of aryl methyl sites for hydroxylation is 2. The van der Waals surface area contributed by atoms with Crippen LogP contribution in [0.4, 0.5) is 0 Å². The Morgan fingerprint density at radius 1 is 1.24 bits per heavy atom. The molecular weight excluding hydrogens is 364 g/mol. The Morgan fingerprint density at radius 3 is 2.76 bits per heavy atom. The van der Waals surface area contributed by atoms with Crippen molar-refractivity contribution in [1.82, 2.24) is 19.7 Å². The van der Waals surface area contributed by atoms with Crippen LogP contribution in [0.1, 0.15) is 55.0 Å². The summed E-state index contributed by atoms with van der Waals surface area (Å²) in [5, 5.41) is 8.72. The van der Waals surface area contributed by atoms with E-state index in [2.05, 4.69) is 28.6 Å². The van der Waals surface area contributed by atoms with E-state index < -0.39 is 0 Å². The van der Waals surface area contributed by atoms with Crippen molar-refractivity contribution in [1.29, 1.82) is 0 Å². The highest BCUT2D eigenvalue weighted by atomic mass is 16.5. The molecule has 6 heteroatoms. The molecule has 3 aliphatic rings. The van der Waals surface area contributed by atoms with Gasteiger partial charge in [-0.1, -0.05) is 12.5 Å². The molecule has 3 fully saturated rings. The van der Waals surface area contributed by atoms with Crippen molar-refractivity contribution in [3.05, 3.63) is 41.5 Å². The SMILES string of the molecule is Cc1ccc(OCC(=O)N2CC(c3nncn3CC3CC3)C3(CCC3)C2)cc1C. The molecule has 154 valence electrons. The summed E-state index contributed by atoms with van der Waals surface area (Å²) in [6.45, 7) is 6.82. The molecule has 1 aromatic carbocycles. The molecule has 2 aliphatic carbocycles. The summed E-state index contributed by atoms with van der Waals surface area (Å²) in [5.41, 5.74) is 2.60. The van der Waals surface area contributed by atoms with Gasteiger partial charge in [-0.25, -0.2) is 0 Å². The minimum absolute atomic E-state index is 0.0743. The molecule has 1 aliphatic heterocycles. The van der Waals surface area contributed by atoms with Gasteiger partial charge < -0.3 is 14.2 Å². The first-order valence-corrected chi connectivity index (χ1v) is 10.9. The molecule has 0 bridgehead atoms. The third kappa shape index (κ3) is 3.53. The van der Waals surface area contributed by atoms with Gasteiger partial charge in [-0.05, 0) is 74.1 Å². The van der Waals surface area contributed by atoms with Crippen molar-refractivity contribution in [2.75, 3.05) is 19.7 Å². The number of hydrogen-bond donors (Lipinski definition) is 0. The van der Waals surface area contributed by atoms with Crippen LogP contribution in [0.5, 0.6) is 5.75 Å². The molecule has 29 heavy (non-hydrogen) atoms. The normalized spacial score (nSPS) is 22.7. The Labute approximate surface area is 172 Å². The van der Waals surface area contributed by atoms with Crippen LogP contribution in [-0.4, -0.2) is 45.3 Å². The Hall–Kier alpha value is -2.37. The monoisotopic (exact) mass is 394 g/mol. The third-order valence-electron chi connectivity index (χ3n) is 7.30. The van der Waals surface area contributed by atoms with Crippen molar-refractivity contribution in [3.8, 4) is 5.75 Å². The van der Waals surface area contributed by atoms with Gasteiger partial charge in [-0.2, -0.15) is 0 Å². The summed E-state index contributed by atoms with van der Waals surface area (Å²) < 4.78 is 8.07. The van der Waals surface area contributed by atoms with Crippen LogP contribution >= 0.6 is 0 Å². The fourth-order valence-corrected chi connectivity index (χ4v) is 4.94.